The van der Waals surface area contributed by atoms with E-state index in [1.165, 1.54) is 12.1 Å². The normalized spacial score (nSPS) is 9.48. The van der Waals surface area contributed by atoms with Gasteiger partial charge >= 0.3 is 11.9 Å². The van der Waals surface area contributed by atoms with Crippen LogP contribution in [0.25, 0.3) is 0 Å². The predicted molar refractivity (Wildman–Crippen MR) is 90.4 cm³/mol. The second-order valence-corrected chi connectivity index (χ2v) is 4.80. The molecule has 0 aliphatic carbocycles. The van der Waals surface area contributed by atoms with Crippen LogP contribution in [0.3, 0.4) is 0 Å². The monoisotopic (exact) mass is 336 g/mol. The first-order valence-corrected chi connectivity index (χ1v) is 7.09. The summed E-state index contributed by atoms with van der Waals surface area (Å²) in [4.78, 5) is 21.1. The molecule has 0 bridgehead atoms. The summed E-state index contributed by atoms with van der Waals surface area (Å²) in [5, 5.41) is 20.5. The second-order valence-electron chi connectivity index (χ2n) is 4.39. The van der Waals surface area contributed by atoms with Gasteiger partial charge in [-0.3, -0.25) is 0 Å². The lowest BCUT2D eigenvalue weighted by Gasteiger charge is -2.05. The van der Waals surface area contributed by atoms with Crippen molar-refractivity contribution in [2.75, 3.05) is 17.6 Å². The number of benzene rings is 2. The highest BCUT2D eigenvalue weighted by molar-refractivity contribution is 6.34. The molecule has 0 aliphatic heterocycles. The van der Waals surface area contributed by atoms with Crippen molar-refractivity contribution < 1.29 is 19.8 Å². The molecule has 0 unspecified atom stereocenters. The van der Waals surface area contributed by atoms with Crippen LogP contribution >= 0.6 is 11.6 Å². The van der Waals surface area contributed by atoms with Gasteiger partial charge in [0.1, 0.15) is 5.56 Å². The highest BCUT2D eigenvalue weighted by atomic mass is 35.5. The molecule has 2 rings (SSSR count). The van der Waals surface area contributed by atoms with Crippen LogP contribution < -0.4 is 11.1 Å². The minimum absolute atomic E-state index is 0.0332. The van der Waals surface area contributed by atoms with Gasteiger partial charge in [-0.05, 0) is 31.2 Å². The Labute approximate surface area is 138 Å². The number of anilines is 2. The first-order chi connectivity index (χ1) is 10.9. The largest absolute Gasteiger partial charge is 0.478 e. The molecule has 0 heterocycles. The Bertz CT molecular complexity index is 684. The molecule has 0 aromatic heterocycles. The molecule has 23 heavy (non-hydrogen) atoms. The molecular weight excluding hydrogens is 320 g/mol. The van der Waals surface area contributed by atoms with Gasteiger partial charge in [0.15, 0.2) is 0 Å². The van der Waals surface area contributed by atoms with Crippen molar-refractivity contribution in [1.29, 1.82) is 0 Å². The quantitative estimate of drug-likeness (QED) is 0.636. The van der Waals surface area contributed by atoms with E-state index in [1.807, 2.05) is 13.0 Å². The maximum absolute atomic E-state index is 10.7. The number of carboxylic acids is 2. The Kier molecular flexibility index (Phi) is 6.89. The Morgan fingerprint density at radius 3 is 2.22 bits per heavy atom. The van der Waals surface area contributed by atoms with Crippen LogP contribution in [-0.4, -0.2) is 28.7 Å². The summed E-state index contributed by atoms with van der Waals surface area (Å²) in [5.41, 5.74) is 6.50. The fourth-order valence-corrected chi connectivity index (χ4v) is 2.04. The second kappa shape index (κ2) is 8.65. The van der Waals surface area contributed by atoms with Gasteiger partial charge in [-0.2, -0.15) is 0 Å². The smallest absolute Gasteiger partial charge is 0.339 e. The van der Waals surface area contributed by atoms with Crippen molar-refractivity contribution in [3.8, 4) is 0 Å². The molecule has 5 N–H and O–H groups in total. The van der Waals surface area contributed by atoms with Crippen LogP contribution in [-0.2, 0) is 0 Å². The Morgan fingerprint density at radius 2 is 1.74 bits per heavy atom. The van der Waals surface area contributed by atoms with Crippen molar-refractivity contribution in [3.63, 3.8) is 0 Å². The zero-order valence-electron chi connectivity index (χ0n) is 12.4. The maximum Gasteiger partial charge on any atom is 0.339 e. The Balaban J connectivity index is 0.000000231. The molecule has 0 spiro atoms. The number of nitrogen functional groups attached to an aromatic ring is 1. The van der Waals surface area contributed by atoms with Crippen molar-refractivity contribution in [2.24, 2.45) is 0 Å². The predicted octanol–water partition coefficient (Wildman–Crippen LogP) is 3.44. The molecule has 0 radical (unpaired) electrons. The summed E-state index contributed by atoms with van der Waals surface area (Å²) in [6.07, 6.45) is 0. The van der Waals surface area contributed by atoms with Crippen LogP contribution in [0, 0.1) is 0 Å². The van der Waals surface area contributed by atoms with Crippen molar-refractivity contribution in [1.82, 2.24) is 0 Å². The van der Waals surface area contributed by atoms with Gasteiger partial charge in [0.2, 0.25) is 0 Å². The number of hydrogen-bond acceptors (Lipinski definition) is 4. The average molecular weight is 337 g/mol. The van der Waals surface area contributed by atoms with Gasteiger partial charge in [-0.1, -0.05) is 29.8 Å². The third-order valence-electron chi connectivity index (χ3n) is 2.78. The van der Waals surface area contributed by atoms with Crippen LogP contribution in [0.5, 0.6) is 0 Å². The zero-order chi connectivity index (χ0) is 17.4. The molecular formula is C16H17ClN2O4. The van der Waals surface area contributed by atoms with Gasteiger partial charge in [-0.15, -0.1) is 0 Å². The lowest BCUT2D eigenvalue weighted by Crippen LogP contribution is -2.04. The highest BCUT2D eigenvalue weighted by Crippen LogP contribution is 2.21. The van der Waals surface area contributed by atoms with Gasteiger partial charge in [0, 0.05) is 17.9 Å². The summed E-state index contributed by atoms with van der Waals surface area (Å²) in [6.45, 7) is 2.66. The third kappa shape index (κ3) is 5.19. The molecule has 0 aliphatic rings. The van der Waals surface area contributed by atoms with Gasteiger partial charge < -0.3 is 21.3 Å². The first-order valence-electron chi connectivity index (χ1n) is 6.72. The molecule has 0 fully saturated rings. The topological polar surface area (TPSA) is 113 Å². The molecule has 0 saturated heterocycles. The van der Waals surface area contributed by atoms with Crippen molar-refractivity contribution in [3.05, 3.63) is 58.6 Å². The van der Waals surface area contributed by atoms with Gasteiger partial charge in [-0.25, -0.2) is 9.59 Å². The minimum atomic E-state index is -1.10. The molecule has 7 heteroatoms. The van der Waals surface area contributed by atoms with E-state index in [0.717, 1.165) is 6.54 Å². The third-order valence-corrected chi connectivity index (χ3v) is 3.10. The SMILES string of the molecule is CCNc1ccccc1C(=O)O.Nc1cccc(Cl)c1C(=O)O. The minimum Gasteiger partial charge on any atom is -0.478 e. The number of para-hydroxylation sites is 1. The van der Waals surface area contributed by atoms with E-state index in [4.69, 9.17) is 27.5 Å². The number of halogens is 1. The molecule has 122 valence electrons. The molecule has 6 nitrogen and oxygen atoms in total. The summed E-state index contributed by atoms with van der Waals surface area (Å²) >= 11 is 5.56. The first kappa shape index (κ1) is 18.3. The van der Waals surface area contributed by atoms with Crippen molar-refractivity contribution in [2.45, 2.75) is 6.92 Å². The van der Waals surface area contributed by atoms with Crippen LogP contribution in [0.1, 0.15) is 27.6 Å². The molecule has 0 saturated carbocycles. The van der Waals surface area contributed by atoms with Crippen LogP contribution in [0.4, 0.5) is 11.4 Å². The van der Waals surface area contributed by atoms with E-state index < -0.39 is 11.9 Å². The Morgan fingerprint density at radius 1 is 1.09 bits per heavy atom. The van der Waals surface area contributed by atoms with E-state index in [2.05, 4.69) is 5.32 Å². The van der Waals surface area contributed by atoms with Gasteiger partial charge in [0.25, 0.3) is 0 Å². The maximum atomic E-state index is 10.7. The average Bonchev–Trinajstić information content (AvgIpc) is 2.48. The van der Waals surface area contributed by atoms with E-state index >= 15 is 0 Å². The molecule has 2 aromatic rings. The zero-order valence-corrected chi connectivity index (χ0v) is 13.2. The van der Waals surface area contributed by atoms with E-state index in [0.29, 0.717) is 11.3 Å². The number of aromatic carboxylic acids is 2. The summed E-state index contributed by atoms with van der Waals surface area (Å²) in [6, 6.07) is 11.4. The number of rotatable bonds is 4. The fourth-order valence-electron chi connectivity index (χ4n) is 1.78. The van der Waals surface area contributed by atoms with E-state index in [9.17, 15) is 9.59 Å². The van der Waals surface area contributed by atoms with Gasteiger partial charge in [0.05, 0.1) is 10.6 Å². The fraction of sp³-hybridized carbons (Fsp3) is 0.125. The highest BCUT2D eigenvalue weighted by Gasteiger charge is 2.11. The standard InChI is InChI=1S/C9H11NO2.C7H6ClNO2/c1-2-10-8-6-4-3-5-7(8)9(11)12;8-4-2-1-3-5(9)6(4)7(10)11/h3-6,10H,2H2,1H3,(H,11,12);1-3H,9H2,(H,10,11). The number of hydrogen-bond donors (Lipinski definition) is 4. The molecule has 0 amide bonds. The lowest BCUT2D eigenvalue weighted by atomic mass is 10.2. The van der Waals surface area contributed by atoms with Crippen molar-refractivity contribution >= 4 is 34.9 Å². The molecule has 0 atom stereocenters. The lowest BCUT2D eigenvalue weighted by molar-refractivity contribution is 0.0687. The Hall–Kier alpha value is -2.73. The number of carboxylic acid groups (broad SMARTS) is 2. The van der Waals surface area contributed by atoms with E-state index in [-0.39, 0.29) is 16.3 Å². The number of nitrogens with two attached hydrogens (primary N) is 1. The molecule has 2 aromatic carbocycles. The number of nitrogens with one attached hydrogen (secondary N) is 1. The van der Waals surface area contributed by atoms with Crippen LogP contribution in [0.15, 0.2) is 42.5 Å². The number of carbonyl (C=O) groups is 2. The summed E-state index contributed by atoms with van der Waals surface area (Å²) in [7, 11) is 0. The van der Waals surface area contributed by atoms with E-state index in [1.54, 1.807) is 24.3 Å². The summed E-state index contributed by atoms with van der Waals surface area (Å²) < 4.78 is 0. The summed E-state index contributed by atoms with van der Waals surface area (Å²) in [5.74, 6) is -2.00. The van der Waals surface area contributed by atoms with Crippen LogP contribution in [0.2, 0.25) is 5.02 Å².